The number of carbonyl (C=O) groups is 1. The largest absolute Gasteiger partial charge is 0.477 e. The Morgan fingerprint density at radius 3 is 2.35 bits per heavy atom. The number of alkyl halides is 2. The van der Waals surface area contributed by atoms with Gasteiger partial charge in [0, 0.05) is 5.56 Å². The highest BCUT2D eigenvalue weighted by Crippen LogP contribution is 2.31. The monoisotopic (exact) mass is 317 g/mol. The minimum absolute atomic E-state index is 0.527. The maximum atomic E-state index is 13.5. The number of halogens is 2. The lowest BCUT2D eigenvalue weighted by Gasteiger charge is -2.12. The van der Waals surface area contributed by atoms with Crippen LogP contribution in [0.15, 0.2) is 48.7 Å². The summed E-state index contributed by atoms with van der Waals surface area (Å²) >= 11 is 0. The van der Waals surface area contributed by atoms with Gasteiger partial charge < -0.3 is 5.11 Å². The summed E-state index contributed by atoms with van der Waals surface area (Å²) < 4.78 is 30.9. The molecule has 0 aliphatic carbocycles. The zero-order valence-electron chi connectivity index (χ0n) is 12.6. The Hall–Kier alpha value is -2.76. The van der Waals surface area contributed by atoms with E-state index in [4.69, 9.17) is 5.11 Å². The Morgan fingerprint density at radius 2 is 1.74 bits per heavy atom. The molecule has 23 heavy (non-hydrogen) atoms. The van der Waals surface area contributed by atoms with Gasteiger partial charge in [0.1, 0.15) is 5.52 Å². The number of hydrogen-bond donors (Lipinski definition) is 1. The fraction of sp³-hybridized carbons (Fsp3) is 0.176. The Morgan fingerprint density at radius 1 is 1.13 bits per heavy atom. The Labute approximate surface area is 131 Å². The van der Waals surface area contributed by atoms with E-state index in [0.717, 1.165) is 34.2 Å². The van der Waals surface area contributed by atoms with E-state index in [1.165, 1.54) is 12.1 Å². The summed E-state index contributed by atoms with van der Waals surface area (Å²) in [6.45, 7) is 0. The van der Waals surface area contributed by atoms with Crippen molar-refractivity contribution in [3.8, 4) is 11.1 Å². The smallest absolute Gasteiger partial charge is 0.379 e. The molecule has 0 saturated heterocycles. The average Bonchev–Trinajstić information content (AvgIpc) is 2.81. The summed E-state index contributed by atoms with van der Waals surface area (Å²) in [6.07, 6.45) is 1.98. The summed E-state index contributed by atoms with van der Waals surface area (Å²) in [6, 6.07) is 11.2. The van der Waals surface area contributed by atoms with Crippen molar-refractivity contribution in [3.63, 3.8) is 0 Å². The van der Waals surface area contributed by atoms with Crippen LogP contribution in [0.5, 0.6) is 0 Å². The highest BCUT2D eigenvalue weighted by Gasteiger charge is 2.40. The molecule has 0 radical (unpaired) electrons. The van der Waals surface area contributed by atoms with E-state index in [1.54, 1.807) is 0 Å². The lowest BCUT2D eigenvalue weighted by Crippen LogP contribution is -2.35. The molecule has 0 amide bonds. The first-order valence-electron chi connectivity index (χ1n) is 6.98. The number of carboxylic acid groups (broad SMARTS) is 1. The molecule has 2 aromatic carbocycles. The van der Waals surface area contributed by atoms with Crippen LogP contribution < -0.4 is 4.68 Å². The molecule has 3 rings (SSSR count). The van der Waals surface area contributed by atoms with Crippen LogP contribution in [-0.4, -0.2) is 15.8 Å². The number of carboxylic acids is 1. The Kier molecular flexibility index (Phi) is 3.39. The predicted octanol–water partition coefficient (Wildman–Crippen LogP) is 2.85. The molecule has 1 aromatic heterocycles. The molecule has 0 aliphatic heterocycles. The quantitative estimate of drug-likeness (QED) is 0.755. The lowest BCUT2D eigenvalue weighted by atomic mass is 10.0. The van der Waals surface area contributed by atoms with Crippen LogP contribution in [0.3, 0.4) is 0 Å². The first-order valence-corrected chi connectivity index (χ1v) is 6.98. The van der Waals surface area contributed by atoms with Crippen molar-refractivity contribution in [2.24, 2.45) is 14.1 Å². The molecular formula is C17H15F2N2O2+. The molecule has 0 unspecified atom stereocenters. The number of aliphatic carboxylic acids is 1. The normalized spacial score (nSPS) is 11.8. The zero-order valence-corrected chi connectivity index (χ0v) is 12.6. The van der Waals surface area contributed by atoms with Gasteiger partial charge in [0.15, 0.2) is 7.05 Å². The highest BCUT2D eigenvalue weighted by molar-refractivity contribution is 5.84. The molecule has 1 heterocycles. The van der Waals surface area contributed by atoms with Crippen molar-refractivity contribution in [2.75, 3.05) is 0 Å². The molecule has 0 atom stereocenters. The minimum Gasteiger partial charge on any atom is -0.477 e. The van der Waals surface area contributed by atoms with Crippen LogP contribution in [-0.2, 0) is 24.8 Å². The summed E-state index contributed by atoms with van der Waals surface area (Å²) in [5.41, 5.74) is 2.17. The number of fused-ring (bicyclic) bond motifs is 1. The molecule has 0 spiro atoms. The topological polar surface area (TPSA) is 46.1 Å². The number of aryl methyl sites for hydroxylation is 2. The third-order valence-electron chi connectivity index (χ3n) is 4.02. The third-order valence-corrected chi connectivity index (χ3v) is 4.02. The van der Waals surface area contributed by atoms with Crippen molar-refractivity contribution in [1.29, 1.82) is 0 Å². The number of benzene rings is 2. The molecule has 0 aliphatic rings. The van der Waals surface area contributed by atoms with Gasteiger partial charge >= 0.3 is 11.9 Å². The molecule has 0 bridgehead atoms. The Bertz CT molecular complexity index is 899. The highest BCUT2D eigenvalue weighted by atomic mass is 19.3. The van der Waals surface area contributed by atoms with E-state index in [2.05, 4.69) is 0 Å². The van der Waals surface area contributed by atoms with Gasteiger partial charge in [-0.3, -0.25) is 0 Å². The van der Waals surface area contributed by atoms with Crippen LogP contribution in [0.1, 0.15) is 5.56 Å². The molecule has 118 valence electrons. The maximum Gasteiger partial charge on any atom is 0.379 e. The fourth-order valence-corrected chi connectivity index (χ4v) is 2.59. The number of hydrogen-bond acceptors (Lipinski definition) is 1. The van der Waals surface area contributed by atoms with Crippen molar-refractivity contribution in [2.45, 2.75) is 5.92 Å². The van der Waals surface area contributed by atoms with E-state index in [-0.39, 0.29) is 0 Å². The first kappa shape index (κ1) is 15.1. The number of nitrogens with zero attached hydrogens (tertiary/aromatic N) is 2. The summed E-state index contributed by atoms with van der Waals surface area (Å²) in [7, 11) is 3.88. The second-order valence-corrected chi connectivity index (χ2v) is 5.46. The van der Waals surface area contributed by atoms with Crippen LogP contribution >= 0.6 is 0 Å². The maximum absolute atomic E-state index is 13.5. The van der Waals surface area contributed by atoms with Crippen LogP contribution in [0.2, 0.25) is 0 Å². The first-order chi connectivity index (χ1) is 10.8. The van der Waals surface area contributed by atoms with Gasteiger partial charge in [-0.25, -0.2) is 4.79 Å². The molecule has 0 saturated carbocycles. The molecule has 6 heteroatoms. The lowest BCUT2D eigenvalue weighted by molar-refractivity contribution is -0.748. The van der Waals surface area contributed by atoms with Gasteiger partial charge in [0.25, 0.3) is 0 Å². The Balaban J connectivity index is 2.01. The van der Waals surface area contributed by atoms with Crippen LogP contribution in [0, 0.1) is 0 Å². The van der Waals surface area contributed by atoms with Gasteiger partial charge in [0.2, 0.25) is 6.20 Å². The number of rotatable bonds is 3. The average molecular weight is 317 g/mol. The molecule has 4 nitrogen and oxygen atoms in total. The SMILES string of the molecule is Cn1c2ccc(-c3ccc(C(F)(F)C(=O)O)cc3)cc2c[n+]1C. The van der Waals surface area contributed by atoms with E-state index < -0.39 is 17.5 Å². The van der Waals surface area contributed by atoms with Crippen molar-refractivity contribution in [3.05, 3.63) is 54.2 Å². The van der Waals surface area contributed by atoms with Gasteiger partial charge in [-0.05, 0) is 23.3 Å². The second kappa shape index (κ2) is 5.15. The van der Waals surface area contributed by atoms with E-state index >= 15 is 0 Å². The van der Waals surface area contributed by atoms with Gasteiger partial charge in [-0.2, -0.15) is 13.5 Å². The minimum atomic E-state index is -3.88. The summed E-state index contributed by atoms with van der Waals surface area (Å²) in [5.74, 6) is -6.03. The van der Waals surface area contributed by atoms with Crippen molar-refractivity contribution < 1.29 is 23.4 Å². The molecule has 0 fully saturated rings. The van der Waals surface area contributed by atoms with Gasteiger partial charge in [-0.15, -0.1) is 4.68 Å². The van der Waals surface area contributed by atoms with E-state index in [1.807, 2.05) is 47.9 Å². The van der Waals surface area contributed by atoms with Crippen LogP contribution in [0.4, 0.5) is 8.78 Å². The zero-order chi connectivity index (χ0) is 16.8. The van der Waals surface area contributed by atoms with E-state index in [9.17, 15) is 13.6 Å². The number of aromatic nitrogens is 2. The van der Waals surface area contributed by atoms with Crippen LogP contribution in [0.25, 0.3) is 22.0 Å². The predicted molar refractivity (Wildman–Crippen MR) is 81.1 cm³/mol. The fourth-order valence-electron chi connectivity index (χ4n) is 2.59. The molecule has 1 N–H and O–H groups in total. The second-order valence-electron chi connectivity index (χ2n) is 5.46. The van der Waals surface area contributed by atoms with Crippen molar-refractivity contribution >= 4 is 16.9 Å². The van der Waals surface area contributed by atoms with Gasteiger partial charge in [0.05, 0.1) is 12.4 Å². The third kappa shape index (κ3) is 2.46. The van der Waals surface area contributed by atoms with Crippen molar-refractivity contribution in [1.82, 2.24) is 4.68 Å². The molecule has 3 aromatic rings. The van der Waals surface area contributed by atoms with Gasteiger partial charge in [-0.1, -0.05) is 30.3 Å². The molecular weight excluding hydrogens is 302 g/mol. The standard InChI is InChI=1S/C17H14F2N2O2/c1-20-10-13-9-12(5-8-15(13)21(20)2)11-3-6-14(7-4-11)17(18,19)16(22)23/h3-10H,1-2H3/p+1. The summed E-state index contributed by atoms with van der Waals surface area (Å²) in [4.78, 5) is 10.6. The summed E-state index contributed by atoms with van der Waals surface area (Å²) in [5, 5.41) is 9.61. The van der Waals surface area contributed by atoms with E-state index in [0.29, 0.717) is 0 Å².